The van der Waals surface area contributed by atoms with Gasteiger partial charge in [0.15, 0.2) is 0 Å². The Balaban J connectivity index is 1.06. The summed E-state index contributed by atoms with van der Waals surface area (Å²) in [5.41, 5.74) is 14.7. The maximum absolute atomic E-state index is 2.46. The molecule has 7 aromatic rings. The summed E-state index contributed by atoms with van der Waals surface area (Å²) in [6.45, 7) is 4.77. The van der Waals surface area contributed by atoms with Gasteiger partial charge in [0.25, 0.3) is 0 Å². The van der Waals surface area contributed by atoms with Gasteiger partial charge in [-0.1, -0.05) is 98.3 Å². The number of para-hydroxylation sites is 2. The Morgan fingerprint density at radius 3 is 1.58 bits per heavy atom. The van der Waals surface area contributed by atoms with E-state index in [1.54, 1.807) is 5.57 Å². The van der Waals surface area contributed by atoms with Crippen molar-refractivity contribution in [1.29, 1.82) is 0 Å². The number of allylic oxidation sites excluding steroid dienone is 1. The molecule has 254 valence electrons. The molecule has 2 nitrogen and oxygen atoms in total. The molecular weight excluding hydrogens is 629 g/mol. The molecule has 0 aliphatic heterocycles. The van der Waals surface area contributed by atoms with Crippen molar-refractivity contribution in [3.8, 4) is 0 Å². The van der Waals surface area contributed by atoms with Gasteiger partial charge in [-0.25, -0.2) is 0 Å². The second-order valence-electron chi connectivity index (χ2n) is 15.5. The Morgan fingerprint density at radius 1 is 0.442 bits per heavy atom. The molecule has 7 aromatic carbocycles. The molecule has 3 aliphatic rings. The lowest BCUT2D eigenvalue weighted by Gasteiger charge is -2.31. The van der Waals surface area contributed by atoms with Crippen LogP contribution in [0.3, 0.4) is 0 Å². The van der Waals surface area contributed by atoms with Gasteiger partial charge in [-0.15, -0.1) is 0 Å². The number of anilines is 6. The van der Waals surface area contributed by atoms with E-state index in [0.29, 0.717) is 17.8 Å². The van der Waals surface area contributed by atoms with Crippen LogP contribution in [-0.2, 0) is 0 Å². The summed E-state index contributed by atoms with van der Waals surface area (Å²) in [4.78, 5) is 4.84. The maximum Gasteiger partial charge on any atom is 0.0468 e. The van der Waals surface area contributed by atoms with Gasteiger partial charge in [0.2, 0.25) is 0 Å². The summed E-state index contributed by atoms with van der Waals surface area (Å²) in [7, 11) is 0. The summed E-state index contributed by atoms with van der Waals surface area (Å²) in [5, 5.41) is 5.04. The summed E-state index contributed by atoms with van der Waals surface area (Å²) in [6.07, 6.45) is 8.76. The van der Waals surface area contributed by atoms with Crippen LogP contribution in [0.25, 0.3) is 27.6 Å². The fourth-order valence-corrected chi connectivity index (χ4v) is 9.46. The molecule has 0 amide bonds. The van der Waals surface area contributed by atoms with E-state index in [4.69, 9.17) is 0 Å². The van der Waals surface area contributed by atoms with Crippen LogP contribution in [0.1, 0.15) is 86.0 Å². The third-order valence-electron chi connectivity index (χ3n) is 12.2. The minimum absolute atomic E-state index is 0.578. The lowest BCUT2D eigenvalue weighted by Crippen LogP contribution is -2.14. The molecule has 0 heterocycles. The number of hydrogen-bond acceptors (Lipinski definition) is 2. The van der Waals surface area contributed by atoms with Crippen LogP contribution >= 0.6 is 0 Å². The van der Waals surface area contributed by atoms with Crippen molar-refractivity contribution in [2.45, 2.75) is 63.7 Å². The van der Waals surface area contributed by atoms with Gasteiger partial charge in [-0.2, -0.15) is 0 Å². The smallest absolute Gasteiger partial charge is 0.0468 e. The highest BCUT2D eigenvalue weighted by atomic mass is 15.1. The standard InChI is InChI=1S/C50H44N2/c1-33-13-14-34(2)50-32-45(19-23-46(33)50)52(41-11-7-4-8-12-41)43-22-26-49-38(30-43)18-17-37-29-42(21-25-48(37)49)51(40-9-5-3-6-10-40)44-20-24-47-36-16-15-35(27-36)28-39(47)31-44/h3-12,17-26,28-34,36H,13-16,27H2,1-2H3. The Kier molecular flexibility index (Phi) is 7.53. The molecule has 52 heavy (non-hydrogen) atoms. The highest BCUT2D eigenvalue weighted by molar-refractivity contribution is 6.09. The molecule has 0 aromatic heterocycles. The van der Waals surface area contributed by atoms with Gasteiger partial charge < -0.3 is 9.80 Å². The van der Waals surface area contributed by atoms with Crippen molar-refractivity contribution in [2.75, 3.05) is 9.80 Å². The zero-order valence-corrected chi connectivity index (χ0v) is 30.1. The van der Waals surface area contributed by atoms with Crippen LogP contribution in [0.4, 0.5) is 34.1 Å². The average Bonchev–Trinajstić information content (AvgIpc) is 3.58. The van der Waals surface area contributed by atoms with Crippen molar-refractivity contribution in [3.63, 3.8) is 0 Å². The van der Waals surface area contributed by atoms with E-state index in [-0.39, 0.29) is 0 Å². The average molecular weight is 673 g/mol. The molecule has 3 aliphatic carbocycles. The van der Waals surface area contributed by atoms with E-state index in [0.717, 1.165) is 0 Å². The first-order valence-corrected chi connectivity index (χ1v) is 19.2. The van der Waals surface area contributed by atoms with Gasteiger partial charge in [-0.3, -0.25) is 0 Å². The Morgan fingerprint density at radius 2 is 0.962 bits per heavy atom. The topological polar surface area (TPSA) is 6.48 Å². The maximum atomic E-state index is 2.46. The van der Waals surface area contributed by atoms with Crippen molar-refractivity contribution in [2.24, 2.45) is 0 Å². The molecule has 0 spiro atoms. The normalized spacial score (nSPS) is 18.9. The van der Waals surface area contributed by atoms with E-state index in [9.17, 15) is 0 Å². The Hall–Kier alpha value is -5.60. The molecule has 3 unspecified atom stereocenters. The van der Waals surface area contributed by atoms with Crippen LogP contribution < -0.4 is 9.80 Å². The van der Waals surface area contributed by atoms with Crippen LogP contribution in [-0.4, -0.2) is 0 Å². The van der Waals surface area contributed by atoms with E-state index in [1.807, 2.05) is 0 Å². The quantitative estimate of drug-likeness (QED) is 0.162. The summed E-state index contributed by atoms with van der Waals surface area (Å²) in [6, 6.07) is 54.5. The third-order valence-corrected chi connectivity index (χ3v) is 12.2. The Labute approximate surface area is 307 Å². The second kappa shape index (κ2) is 12.6. The van der Waals surface area contributed by atoms with Gasteiger partial charge in [-0.05, 0) is 166 Å². The van der Waals surface area contributed by atoms with Crippen molar-refractivity contribution in [3.05, 3.63) is 173 Å². The van der Waals surface area contributed by atoms with Gasteiger partial charge >= 0.3 is 0 Å². The predicted octanol–water partition coefficient (Wildman–Crippen LogP) is 14.6. The highest BCUT2D eigenvalue weighted by Crippen LogP contribution is 2.48. The van der Waals surface area contributed by atoms with Gasteiger partial charge in [0, 0.05) is 34.1 Å². The third kappa shape index (κ3) is 5.32. The minimum Gasteiger partial charge on any atom is -0.310 e. The lowest BCUT2D eigenvalue weighted by atomic mass is 9.78. The van der Waals surface area contributed by atoms with Gasteiger partial charge in [0.1, 0.15) is 0 Å². The first-order valence-electron chi connectivity index (χ1n) is 19.2. The molecule has 10 rings (SSSR count). The lowest BCUT2D eigenvalue weighted by molar-refractivity contribution is 0.527. The van der Waals surface area contributed by atoms with Crippen molar-refractivity contribution < 1.29 is 0 Å². The molecule has 2 bridgehead atoms. The zero-order valence-electron chi connectivity index (χ0n) is 30.1. The van der Waals surface area contributed by atoms with Gasteiger partial charge in [0.05, 0.1) is 0 Å². The van der Waals surface area contributed by atoms with E-state index >= 15 is 0 Å². The monoisotopic (exact) mass is 672 g/mol. The minimum atomic E-state index is 0.578. The van der Waals surface area contributed by atoms with Crippen molar-refractivity contribution in [1.82, 2.24) is 0 Å². The molecule has 0 saturated heterocycles. The number of benzene rings is 7. The molecular formula is C50H44N2. The summed E-state index contributed by atoms with van der Waals surface area (Å²) in [5.74, 6) is 1.88. The van der Waals surface area contributed by atoms with E-state index < -0.39 is 0 Å². The predicted molar refractivity (Wildman–Crippen MR) is 221 cm³/mol. The van der Waals surface area contributed by atoms with Crippen LogP contribution in [0, 0.1) is 0 Å². The molecule has 1 saturated carbocycles. The van der Waals surface area contributed by atoms with E-state index in [2.05, 4.69) is 175 Å². The number of rotatable bonds is 6. The number of nitrogens with zero attached hydrogens (tertiary/aromatic N) is 2. The van der Waals surface area contributed by atoms with Crippen LogP contribution in [0.5, 0.6) is 0 Å². The van der Waals surface area contributed by atoms with Crippen LogP contribution in [0.2, 0.25) is 0 Å². The molecule has 2 heteroatoms. The second-order valence-corrected chi connectivity index (χ2v) is 15.5. The van der Waals surface area contributed by atoms with Crippen molar-refractivity contribution >= 4 is 61.7 Å². The molecule has 0 radical (unpaired) electrons. The molecule has 1 fully saturated rings. The SMILES string of the molecule is CC1CCC(C)c2cc(N(c3ccccc3)c3ccc4c(ccc5cc(N(c6ccccc6)c6ccc7c(c6)C=C6CCC7C6)ccc54)c3)ccc21. The first-order chi connectivity index (χ1) is 25.6. The molecule has 0 N–H and O–H groups in total. The summed E-state index contributed by atoms with van der Waals surface area (Å²) >= 11 is 0. The zero-order chi connectivity index (χ0) is 34.8. The van der Waals surface area contributed by atoms with Crippen LogP contribution in [0.15, 0.2) is 151 Å². The highest BCUT2D eigenvalue weighted by Gasteiger charge is 2.28. The number of hydrogen-bond donors (Lipinski definition) is 0. The Bertz CT molecular complexity index is 2490. The fourth-order valence-electron chi connectivity index (χ4n) is 9.46. The largest absolute Gasteiger partial charge is 0.310 e. The molecule has 3 atom stereocenters. The van der Waals surface area contributed by atoms with E-state index in [1.165, 1.54) is 110 Å². The first kappa shape index (κ1) is 31.2. The fraction of sp³-hybridized carbons (Fsp3) is 0.200. The summed E-state index contributed by atoms with van der Waals surface area (Å²) < 4.78 is 0. The number of fused-ring (bicyclic) bond motifs is 8.